The number of para-hydroxylation sites is 1. The Morgan fingerprint density at radius 2 is 1.72 bits per heavy atom. The van der Waals surface area contributed by atoms with E-state index in [2.05, 4.69) is 12.1 Å². The highest BCUT2D eigenvalue weighted by molar-refractivity contribution is 5.80. The quantitative estimate of drug-likeness (QED) is 0.326. The maximum Gasteiger partial charge on any atom is 0.266 e. The number of nitrogens with zero attached hydrogens (tertiary/aromatic N) is 3. The molecule has 1 aliphatic carbocycles. The molecule has 4 aromatic rings. The molecule has 1 unspecified atom stereocenters. The van der Waals surface area contributed by atoms with Crippen molar-refractivity contribution in [2.24, 2.45) is 5.92 Å². The van der Waals surface area contributed by atoms with Crippen molar-refractivity contribution in [2.75, 3.05) is 6.54 Å². The fourth-order valence-corrected chi connectivity index (χ4v) is 5.38. The van der Waals surface area contributed by atoms with Gasteiger partial charge in [-0.15, -0.1) is 0 Å². The molecule has 0 spiro atoms. The maximum absolute atomic E-state index is 13.8. The summed E-state index contributed by atoms with van der Waals surface area (Å²) < 4.78 is 1.71. The summed E-state index contributed by atoms with van der Waals surface area (Å²) in [5.74, 6) is 0.820. The molecule has 1 atom stereocenters. The number of hydrogen-bond acceptors (Lipinski definition) is 3. The van der Waals surface area contributed by atoms with E-state index in [9.17, 15) is 9.59 Å². The predicted octanol–water partition coefficient (Wildman–Crippen LogP) is 6.02. The van der Waals surface area contributed by atoms with Crippen molar-refractivity contribution in [3.63, 3.8) is 0 Å². The van der Waals surface area contributed by atoms with Crippen molar-refractivity contribution in [1.29, 1.82) is 0 Å². The van der Waals surface area contributed by atoms with Crippen LogP contribution in [0.25, 0.3) is 16.6 Å². The summed E-state index contributed by atoms with van der Waals surface area (Å²) >= 11 is 0. The van der Waals surface area contributed by atoms with E-state index in [4.69, 9.17) is 4.98 Å². The van der Waals surface area contributed by atoms with Gasteiger partial charge in [0.1, 0.15) is 5.82 Å². The molecule has 0 bridgehead atoms. The molecule has 5 rings (SSSR count). The van der Waals surface area contributed by atoms with Crippen molar-refractivity contribution in [2.45, 2.75) is 52.0 Å². The second-order valence-electron chi connectivity index (χ2n) is 9.89. The van der Waals surface area contributed by atoms with Crippen molar-refractivity contribution in [3.8, 4) is 5.69 Å². The van der Waals surface area contributed by atoms with Gasteiger partial charge in [0.15, 0.2) is 0 Å². The standard InChI is InChI=1S/C31H33N3O2/c1-22-11-10-16-26(21-22)34-29(32-28-18-9-8-17-27(28)31(34)36)23(2)33(30(35)25-14-6-7-15-25)20-19-24-12-4-3-5-13-24/h3-5,8-13,16-18,21,23,25H,6-7,14-15,19-20H2,1-2H3. The SMILES string of the molecule is Cc1cccc(-n2c(C(C)N(CCc3ccccc3)C(=O)C3CCCC3)nc3ccccc3c2=O)c1. The first-order chi connectivity index (χ1) is 17.5. The lowest BCUT2D eigenvalue weighted by Gasteiger charge is -2.32. The summed E-state index contributed by atoms with van der Waals surface area (Å²) in [7, 11) is 0. The highest BCUT2D eigenvalue weighted by Crippen LogP contribution is 2.31. The van der Waals surface area contributed by atoms with E-state index in [1.165, 1.54) is 5.56 Å². The summed E-state index contributed by atoms with van der Waals surface area (Å²) in [6, 6.07) is 25.3. The Labute approximate surface area is 212 Å². The third kappa shape index (κ3) is 4.83. The number of aromatic nitrogens is 2. The van der Waals surface area contributed by atoms with E-state index < -0.39 is 0 Å². The van der Waals surface area contributed by atoms with Gasteiger partial charge >= 0.3 is 0 Å². The Balaban J connectivity index is 1.62. The zero-order chi connectivity index (χ0) is 25.1. The molecule has 1 aliphatic rings. The van der Waals surface area contributed by atoms with Crippen LogP contribution in [-0.4, -0.2) is 26.9 Å². The summed E-state index contributed by atoms with van der Waals surface area (Å²) in [4.78, 5) is 34.6. The molecule has 3 aromatic carbocycles. The van der Waals surface area contributed by atoms with E-state index in [0.29, 0.717) is 23.3 Å². The molecule has 1 aromatic heterocycles. The molecule has 5 nitrogen and oxygen atoms in total. The minimum absolute atomic E-state index is 0.0443. The van der Waals surface area contributed by atoms with Gasteiger partial charge in [-0.2, -0.15) is 0 Å². The van der Waals surface area contributed by atoms with Crippen LogP contribution in [0.2, 0.25) is 0 Å². The lowest BCUT2D eigenvalue weighted by Crippen LogP contribution is -2.41. The monoisotopic (exact) mass is 479 g/mol. The molecule has 184 valence electrons. The summed E-state index contributed by atoms with van der Waals surface area (Å²) in [6.45, 7) is 4.61. The number of fused-ring (bicyclic) bond motifs is 1. The summed E-state index contributed by atoms with van der Waals surface area (Å²) in [5.41, 5.74) is 3.58. The Morgan fingerprint density at radius 1 is 1.00 bits per heavy atom. The van der Waals surface area contributed by atoms with Crippen LogP contribution in [0.4, 0.5) is 0 Å². The molecule has 1 fully saturated rings. The topological polar surface area (TPSA) is 55.2 Å². The molecule has 0 N–H and O–H groups in total. The normalized spacial score (nSPS) is 14.7. The number of carbonyl (C=O) groups is 1. The number of amides is 1. The summed E-state index contributed by atoms with van der Waals surface area (Å²) in [6.07, 6.45) is 4.82. The van der Waals surface area contributed by atoms with Gasteiger partial charge in [0.25, 0.3) is 5.56 Å². The van der Waals surface area contributed by atoms with Gasteiger partial charge in [-0.25, -0.2) is 4.98 Å². The van der Waals surface area contributed by atoms with Crippen LogP contribution in [0.1, 0.15) is 55.6 Å². The minimum atomic E-state index is -0.361. The second kappa shape index (κ2) is 10.5. The molecule has 5 heteroatoms. The Kier molecular flexibility index (Phi) is 6.99. The molecule has 1 heterocycles. The minimum Gasteiger partial charge on any atom is -0.332 e. The Bertz CT molecular complexity index is 1420. The van der Waals surface area contributed by atoms with Gasteiger partial charge in [0.05, 0.1) is 22.6 Å². The molecule has 36 heavy (non-hydrogen) atoms. The van der Waals surface area contributed by atoms with Gasteiger partial charge in [0, 0.05) is 12.5 Å². The molecular weight excluding hydrogens is 446 g/mol. The number of carbonyl (C=O) groups excluding carboxylic acids is 1. The maximum atomic E-state index is 13.8. The average Bonchev–Trinajstić information content (AvgIpc) is 3.44. The molecular formula is C31H33N3O2. The van der Waals surface area contributed by atoms with Crippen molar-refractivity contribution in [3.05, 3.63) is 106 Å². The first kappa shape index (κ1) is 24.0. The molecule has 0 aliphatic heterocycles. The molecule has 0 saturated heterocycles. The Hall–Kier alpha value is -3.73. The molecule has 1 amide bonds. The fraction of sp³-hybridized carbons (Fsp3) is 0.323. The average molecular weight is 480 g/mol. The van der Waals surface area contributed by atoms with Crippen LogP contribution in [0, 0.1) is 12.8 Å². The zero-order valence-electron chi connectivity index (χ0n) is 21.1. The molecule has 1 saturated carbocycles. The number of benzene rings is 3. The number of aryl methyl sites for hydroxylation is 1. The van der Waals surface area contributed by atoms with Crippen LogP contribution >= 0.6 is 0 Å². The highest BCUT2D eigenvalue weighted by Gasteiger charge is 2.32. The van der Waals surface area contributed by atoms with Gasteiger partial charge in [-0.1, -0.05) is 67.4 Å². The van der Waals surface area contributed by atoms with Gasteiger partial charge in [0.2, 0.25) is 5.91 Å². The third-order valence-electron chi connectivity index (χ3n) is 7.37. The molecule has 0 radical (unpaired) electrons. The smallest absolute Gasteiger partial charge is 0.266 e. The van der Waals surface area contributed by atoms with Crippen LogP contribution in [0.3, 0.4) is 0 Å². The van der Waals surface area contributed by atoms with Gasteiger partial charge < -0.3 is 4.90 Å². The van der Waals surface area contributed by atoms with Crippen LogP contribution < -0.4 is 5.56 Å². The van der Waals surface area contributed by atoms with Gasteiger partial charge in [-0.05, 0) is 68.5 Å². The number of hydrogen-bond donors (Lipinski definition) is 0. The second-order valence-corrected chi connectivity index (χ2v) is 9.89. The van der Waals surface area contributed by atoms with Crippen molar-refractivity contribution < 1.29 is 4.79 Å². The Morgan fingerprint density at radius 3 is 2.47 bits per heavy atom. The predicted molar refractivity (Wildman–Crippen MR) is 144 cm³/mol. The zero-order valence-corrected chi connectivity index (χ0v) is 21.1. The first-order valence-corrected chi connectivity index (χ1v) is 13.0. The van der Waals surface area contributed by atoms with Crippen molar-refractivity contribution >= 4 is 16.8 Å². The van der Waals surface area contributed by atoms with E-state index >= 15 is 0 Å². The van der Waals surface area contributed by atoms with Crippen LogP contribution in [0.15, 0.2) is 83.7 Å². The van der Waals surface area contributed by atoms with E-state index in [1.807, 2.05) is 85.5 Å². The van der Waals surface area contributed by atoms with Crippen LogP contribution in [0.5, 0.6) is 0 Å². The van der Waals surface area contributed by atoms with Crippen LogP contribution in [-0.2, 0) is 11.2 Å². The van der Waals surface area contributed by atoms with Gasteiger partial charge in [-0.3, -0.25) is 14.2 Å². The number of rotatable bonds is 7. The van der Waals surface area contributed by atoms with E-state index in [0.717, 1.165) is 43.4 Å². The lowest BCUT2D eigenvalue weighted by molar-refractivity contribution is -0.137. The fourth-order valence-electron chi connectivity index (χ4n) is 5.38. The largest absolute Gasteiger partial charge is 0.332 e. The lowest BCUT2D eigenvalue weighted by atomic mass is 10.0. The van der Waals surface area contributed by atoms with E-state index in [1.54, 1.807) is 4.57 Å². The highest BCUT2D eigenvalue weighted by atomic mass is 16.2. The first-order valence-electron chi connectivity index (χ1n) is 13.0. The van der Waals surface area contributed by atoms with Crippen molar-refractivity contribution in [1.82, 2.24) is 14.5 Å². The van der Waals surface area contributed by atoms with E-state index in [-0.39, 0.29) is 23.4 Å². The summed E-state index contributed by atoms with van der Waals surface area (Å²) in [5, 5.41) is 0.577. The third-order valence-corrected chi connectivity index (χ3v) is 7.37.